The van der Waals surface area contributed by atoms with Crippen molar-refractivity contribution in [2.45, 2.75) is 46.6 Å². The minimum atomic E-state index is -0.854. The van der Waals surface area contributed by atoms with Crippen LogP contribution in [0.5, 0.6) is 11.5 Å². The number of thiazole rings is 1. The van der Waals surface area contributed by atoms with Crippen molar-refractivity contribution >= 4 is 35.0 Å². The van der Waals surface area contributed by atoms with Gasteiger partial charge in [-0.25, -0.2) is 14.2 Å². The number of halogens is 2. The third-order valence-electron chi connectivity index (χ3n) is 7.54. The number of carbonyl (C=O) groups is 1. The molecule has 1 aliphatic rings. The molecule has 0 saturated carbocycles. The van der Waals surface area contributed by atoms with E-state index in [0.29, 0.717) is 49.8 Å². The van der Waals surface area contributed by atoms with E-state index in [-0.39, 0.29) is 17.2 Å². The van der Waals surface area contributed by atoms with Crippen molar-refractivity contribution in [2.24, 2.45) is 4.99 Å². The Morgan fingerprint density at radius 1 is 1.11 bits per heavy atom. The Morgan fingerprint density at radius 3 is 2.55 bits per heavy atom. The van der Waals surface area contributed by atoms with E-state index in [1.807, 2.05) is 37.5 Å². The first-order valence-corrected chi connectivity index (χ1v) is 15.4. The summed E-state index contributed by atoms with van der Waals surface area (Å²) in [5.74, 6) is 0.0105. The Labute approximate surface area is 263 Å². The van der Waals surface area contributed by atoms with E-state index in [1.54, 1.807) is 51.5 Å². The predicted molar refractivity (Wildman–Crippen MR) is 169 cm³/mol. The molecule has 11 heteroatoms. The Balaban J connectivity index is 1.76. The van der Waals surface area contributed by atoms with Gasteiger partial charge in [0.2, 0.25) is 0 Å². The number of fused-ring (bicyclic) bond motifs is 1. The fourth-order valence-corrected chi connectivity index (χ4v) is 6.75. The van der Waals surface area contributed by atoms with Gasteiger partial charge in [-0.1, -0.05) is 36.3 Å². The topological polar surface area (TPSA) is 84.0 Å². The van der Waals surface area contributed by atoms with E-state index in [9.17, 15) is 14.0 Å². The van der Waals surface area contributed by atoms with Crippen molar-refractivity contribution in [3.05, 3.63) is 107 Å². The molecule has 0 fully saturated rings. The maximum atomic E-state index is 14.3. The number of rotatable bonds is 9. The largest absolute Gasteiger partial charge is 0.497 e. The van der Waals surface area contributed by atoms with Crippen LogP contribution in [-0.4, -0.2) is 35.9 Å². The zero-order valence-electron chi connectivity index (χ0n) is 25.4. The second kappa shape index (κ2) is 12.8. The van der Waals surface area contributed by atoms with Gasteiger partial charge in [0.1, 0.15) is 23.4 Å². The van der Waals surface area contributed by atoms with Gasteiger partial charge in [-0.05, 0) is 81.3 Å². The quantitative estimate of drug-likeness (QED) is 0.217. The second-order valence-corrected chi connectivity index (χ2v) is 11.7. The number of hydrogen-bond donors (Lipinski definition) is 0. The number of ether oxygens (including phenoxy) is 3. The van der Waals surface area contributed by atoms with Crippen molar-refractivity contribution in [3.63, 3.8) is 0 Å². The first kappa shape index (κ1) is 31.3. The molecule has 2 aromatic carbocycles. The number of hydrogen-bond acceptors (Lipinski definition) is 7. The molecule has 0 radical (unpaired) electrons. The van der Waals surface area contributed by atoms with Crippen molar-refractivity contribution in [2.75, 3.05) is 20.8 Å². The van der Waals surface area contributed by atoms with Crippen LogP contribution in [0, 0.1) is 19.7 Å². The molecule has 0 amide bonds. The summed E-state index contributed by atoms with van der Waals surface area (Å²) in [6.45, 7) is 7.77. The lowest BCUT2D eigenvalue weighted by atomic mass is 9.93. The summed E-state index contributed by atoms with van der Waals surface area (Å²) in [5, 5.41) is 0.0260. The maximum Gasteiger partial charge on any atom is 0.338 e. The van der Waals surface area contributed by atoms with Gasteiger partial charge in [-0.3, -0.25) is 9.36 Å². The number of aryl methyl sites for hydroxylation is 1. The molecule has 0 spiro atoms. The number of allylic oxidation sites excluding steroid dienone is 1. The molecule has 1 aliphatic heterocycles. The van der Waals surface area contributed by atoms with Crippen molar-refractivity contribution < 1.29 is 23.4 Å². The first-order chi connectivity index (χ1) is 21.1. The van der Waals surface area contributed by atoms with Crippen LogP contribution in [0.25, 0.3) is 11.8 Å². The van der Waals surface area contributed by atoms with Crippen LogP contribution < -0.4 is 24.4 Å². The summed E-state index contributed by atoms with van der Waals surface area (Å²) in [5.41, 5.74) is 4.39. The van der Waals surface area contributed by atoms with E-state index < -0.39 is 17.8 Å². The summed E-state index contributed by atoms with van der Waals surface area (Å²) < 4.78 is 34.5. The van der Waals surface area contributed by atoms with Gasteiger partial charge in [0, 0.05) is 22.6 Å². The van der Waals surface area contributed by atoms with Crippen molar-refractivity contribution in [1.29, 1.82) is 0 Å². The number of esters is 1. The number of methoxy groups -OCH3 is 2. The van der Waals surface area contributed by atoms with Crippen LogP contribution in [0.4, 0.5) is 4.39 Å². The molecule has 4 aromatic rings. The average molecular weight is 638 g/mol. The Morgan fingerprint density at radius 2 is 1.89 bits per heavy atom. The Hall–Kier alpha value is -4.15. The van der Waals surface area contributed by atoms with Crippen LogP contribution in [-0.2, 0) is 9.53 Å². The van der Waals surface area contributed by atoms with Gasteiger partial charge in [0.25, 0.3) is 5.56 Å². The summed E-state index contributed by atoms with van der Waals surface area (Å²) in [6, 6.07) is 11.0. The SMILES string of the molecule is CCCC1=C(C(=O)OCC)[C@H](c2cc(OC)ccc2OC)n2c(s/c(=C/c3cc(C)n(-c4ccc(F)c(Cl)c4)c3C)c2=O)=N1. The lowest BCUT2D eigenvalue weighted by molar-refractivity contribution is -0.139. The van der Waals surface area contributed by atoms with Gasteiger partial charge >= 0.3 is 5.97 Å². The van der Waals surface area contributed by atoms with Gasteiger partial charge in [0.05, 0.1) is 41.7 Å². The van der Waals surface area contributed by atoms with E-state index in [2.05, 4.69) is 0 Å². The average Bonchev–Trinajstić information content (AvgIpc) is 3.47. The fourth-order valence-electron chi connectivity index (χ4n) is 5.56. The first-order valence-electron chi connectivity index (χ1n) is 14.2. The van der Waals surface area contributed by atoms with E-state index in [4.69, 9.17) is 30.8 Å². The van der Waals surface area contributed by atoms with Crippen molar-refractivity contribution in [1.82, 2.24) is 9.13 Å². The normalized spacial score (nSPS) is 14.8. The molecular weight excluding hydrogens is 605 g/mol. The third-order valence-corrected chi connectivity index (χ3v) is 8.81. The molecule has 3 heterocycles. The molecule has 0 saturated heterocycles. The maximum absolute atomic E-state index is 14.3. The summed E-state index contributed by atoms with van der Waals surface area (Å²) >= 11 is 7.32. The molecule has 0 unspecified atom stereocenters. The molecule has 0 bridgehead atoms. The zero-order chi connectivity index (χ0) is 31.7. The highest BCUT2D eigenvalue weighted by molar-refractivity contribution is 7.07. The third kappa shape index (κ3) is 5.59. The lowest BCUT2D eigenvalue weighted by Crippen LogP contribution is -2.40. The summed E-state index contributed by atoms with van der Waals surface area (Å²) in [6.07, 6.45) is 3.07. The molecule has 0 N–H and O–H groups in total. The van der Waals surface area contributed by atoms with Gasteiger partial charge in [0.15, 0.2) is 4.80 Å². The summed E-state index contributed by atoms with van der Waals surface area (Å²) in [4.78, 5) is 33.1. The Kier molecular flexibility index (Phi) is 9.12. The molecule has 8 nitrogen and oxygen atoms in total. The van der Waals surface area contributed by atoms with Crippen LogP contribution in [0.2, 0.25) is 5.02 Å². The smallest absolute Gasteiger partial charge is 0.338 e. The lowest BCUT2D eigenvalue weighted by Gasteiger charge is -2.27. The number of benzene rings is 2. The highest BCUT2D eigenvalue weighted by Gasteiger charge is 2.36. The molecule has 5 rings (SSSR count). The molecule has 230 valence electrons. The van der Waals surface area contributed by atoms with Gasteiger partial charge in [-0.2, -0.15) is 0 Å². The Bertz CT molecular complexity index is 1970. The molecule has 1 atom stereocenters. The molecule has 0 aliphatic carbocycles. The number of nitrogens with zero attached hydrogens (tertiary/aromatic N) is 3. The minimum Gasteiger partial charge on any atom is -0.497 e. The van der Waals surface area contributed by atoms with Gasteiger partial charge < -0.3 is 18.8 Å². The van der Waals surface area contributed by atoms with Crippen molar-refractivity contribution in [3.8, 4) is 17.2 Å². The van der Waals surface area contributed by atoms with E-state index >= 15 is 0 Å². The molecule has 44 heavy (non-hydrogen) atoms. The van der Waals surface area contributed by atoms with E-state index in [1.165, 1.54) is 22.0 Å². The molecule has 2 aromatic heterocycles. The number of carbonyl (C=O) groups excluding carboxylic acids is 1. The fraction of sp³-hybridized carbons (Fsp3) is 0.303. The zero-order valence-corrected chi connectivity index (χ0v) is 26.9. The number of aromatic nitrogens is 2. The highest BCUT2D eigenvalue weighted by Crippen LogP contribution is 2.38. The standard InChI is InChI=1S/C33H33ClFN3O5S/c1-7-9-26-29(32(40)43-8-2)30(23-17-22(41-5)11-13-27(23)42-6)38-31(39)28(44-33(38)36-26)15-20-14-18(3)37(19(20)4)21-10-12-25(35)24(34)16-21/h10-17,30H,7-9H2,1-6H3/b28-15+/t30-/m0/s1. The highest BCUT2D eigenvalue weighted by atomic mass is 35.5. The summed E-state index contributed by atoms with van der Waals surface area (Å²) in [7, 11) is 3.10. The molecular formula is C33H33ClFN3O5S. The predicted octanol–water partition coefficient (Wildman–Crippen LogP) is 5.80. The minimum absolute atomic E-state index is 0.0260. The van der Waals surface area contributed by atoms with Crippen LogP contribution >= 0.6 is 22.9 Å². The van der Waals surface area contributed by atoms with E-state index in [0.717, 1.165) is 23.4 Å². The van der Waals surface area contributed by atoms with Crippen LogP contribution in [0.3, 0.4) is 0 Å². The van der Waals surface area contributed by atoms with Crippen LogP contribution in [0.1, 0.15) is 55.2 Å². The van der Waals surface area contributed by atoms with Gasteiger partial charge in [-0.15, -0.1) is 0 Å². The van der Waals surface area contributed by atoms with Crippen LogP contribution in [0.15, 0.2) is 63.5 Å². The second-order valence-electron chi connectivity index (χ2n) is 10.3. The monoisotopic (exact) mass is 637 g/mol.